The van der Waals surface area contributed by atoms with Crippen molar-refractivity contribution in [2.24, 2.45) is 0 Å². The first-order valence-corrected chi connectivity index (χ1v) is 4.17. The Bertz CT molecular complexity index is 500. The third-order valence-corrected chi connectivity index (χ3v) is 2.04. The highest BCUT2D eigenvalue weighted by Crippen LogP contribution is 2.22. The summed E-state index contributed by atoms with van der Waals surface area (Å²) in [6.07, 6.45) is 1.32. The van der Waals surface area contributed by atoms with Gasteiger partial charge in [-0.1, -0.05) is 0 Å². The molecule has 0 aliphatic carbocycles. The first-order chi connectivity index (χ1) is 7.11. The highest BCUT2D eigenvalue weighted by molar-refractivity contribution is 5.41. The number of nitrogens with one attached hydrogen (secondary N) is 1. The largest absolute Gasteiger partial charge is 0.313 e. The summed E-state index contributed by atoms with van der Waals surface area (Å²) in [7, 11) is 0. The van der Waals surface area contributed by atoms with Gasteiger partial charge in [0.2, 0.25) is 5.95 Å². The third-order valence-electron chi connectivity index (χ3n) is 2.04. The Labute approximate surface area is 84.1 Å². The van der Waals surface area contributed by atoms with Crippen molar-refractivity contribution >= 4 is 5.69 Å². The molecule has 2 aromatic heterocycles. The van der Waals surface area contributed by atoms with Gasteiger partial charge < -0.3 is 0 Å². The van der Waals surface area contributed by atoms with E-state index in [2.05, 4.69) is 20.3 Å². The zero-order chi connectivity index (χ0) is 11.0. The molecule has 0 amide bonds. The van der Waals surface area contributed by atoms with E-state index in [4.69, 9.17) is 0 Å². The number of aromatic amines is 1. The molecule has 0 aromatic carbocycles. The van der Waals surface area contributed by atoms with Crippen molar-refractivity contribution in [1.29, 1.82) is 0 Å². The fraction of sp³-hybridized carbons (Fsp3) is 0.286. The molecule has 15 heavy (non-hydrogen) atoms. The SMILES string of the molecule is Cc1nn(-c2ncn[nH]2)c(C)c1[N+](=O)[O-]. The number of nitrogens with zero attached hydrogens (tertiary/aromatic N) is 5. The molecule has 8 heteroatoms. The fourth-order valence-corrected chi connectivity index (χ4v) is 1.41. The van der Waals surface area contributed by atoms with Gasteiger partial charge >= 0.3 is 5.69 Å². The maximum absolute atomic E-state index is 10.7. The minimum atomic E-state index is -0.454. The second kappa shape index (κ2) is 3.15. The van der Waals surface area contributed by atoms with E-state index in [-0.39, 0.29) is 5.69 Å². The molecule has 2 rings (SSSR count). The van der Waals surface area contributed by atoms with Gasteiger partial charge in [0.15, 0.2) is 0 Å². The van der Waals surface area contributed by atoms with Crippen molar-refractivity contribution in [2.45, 2.75) is 13.8 Å². The lowest BCUT2D eigenvalue weighted by atomic mass is 10.3. The van der Waals surface area contributed by atoms with Crippen LogP contribution in [0.25, 0.3) is 5.95 Å². The Balaban J connectivity index is 2.61. The number of aryl methyl sites for hydroxylation is 1. The number of H-pyrrole nitrogens is 1. The second-order valence-electron chi connectivity index (χ2n) is 3.00. The summed E-state index contributed by atoms with van der Waals surface area (Å²) in [6.45, 7) is 3.19. The van der Waals surface area contributed by atoms with Crippen LogP contribution in [-0.2, 0) is 0 Å². The monoisotopic (exact) mass is 208 g/mol. The second-order valence-corrected chi connectivity index (χ2v) is 3.00. The van der Waals surface area contributed by atoms with E-state index in [1.165, 1.54) is 11.0 Å². The van der Waals surface area contributed by atoms with Crippen LogP contribution in [-0.4, -0.2) is 29.9 Å². The summed E-state index contributed by atoms with van der Waals surface area (Å²) in [5.74, 6) is 0.365. The lowest BCUT2D eigenvalue weighted by Crippen LogP contribution is -2.01. The standard InChI is InChI=1S/C7H8N6O2/c1-4-6(13(14)15)5(2)12(11-4)7-8-3-9-10-7/h3H,1-2H3,(H,8,9,10). The van der Waals surface area contributed by atoms with Crippen LogP contribution in [0.5, 0.6) is 0 Å². The Morgan fingerprint density at radius 1 is 1.53 bits per heavy atom. The van der Waals surface area contributed by atoms with Gasteiger partial charge in [0.25, 0.3) is 0 Å². The molecule has 2 aromatic rings. The zero-order valence-corrected chi connectivity index (χ0v) is 8.13. The molecule has 0 aliphatic rings. The van der Waals surface area contributed by atoms with E-state index in [0.29, 0.717) is 17.3 Å². The summed E-state index contributed by atoms with van der Waals surface area (Å²) >= 11 is 0. The summed E-state index contributed by atoms with van der Waals surface area (Å²) in [6, 6.07) is 0. The van der Waals surface area contributed by atoms with Crippen LogP contribution in [0.2, 0.25) is 0 Å². The van der Waals surface area contributed by atoms with E-state index < -0.39 is 4.92 Å². The lowest BCUT2D eigenvalue weighted by Gasteiger charge is -1.95. The van der Waals surface area contributed by atoms with Crippen molar-refractivity contribution < 1.29 is 4.92 Å². The van der Waals surface area contributed by atoms with Gasteiger partial charge in [0.05, 0.1) is 4.92 Å². The molecular weight excluding hydrogens is 200 g/mol. The zero-order valence-electron chi connectivity index (χ0n) is 8.13. The Morgan fingerprint density at radius 2 is 2.27 bits per heavy atom. The molecular formula is C7H8N6O2. The number of hydrogen-bond donors (Lipinski definition) is 1. The van der Waals surface area contributed by atoms with Crippen LogP contribution in [0.1, 0.15) is 11.4 Å². The van der Waals surface area contributed by atoms with E-state index in [1.54, 1.807) is 13.8 Å². The molecule has 0 saturated carbocycles. The average Bonchev–Trinajstić information content (AvgIpc) is 2.72. The summed E-state index contributed by atoms with van der Waals surface area (Å²) in [5.41, 5.74) is 0.787. The quantitative estimate of drug-likeness (QED) is 0.572. The van der Waals surface area contributed by atoms with E-state index in [0.717, 1.165) is 0 Å². The molecule has 0 radical (unpaired) electrons. The van der Waals surface area contributed by atoms with E-state index in [9.17, 15) is 10.1 Å². The average molecular weight is 208 g/mol. The van der Waals surface area contributed by atoms with E-state index in [1.807, 2.05) is 0 Å². The fourth-order valence-electron chi connectivity index (χ4n) is 1.41. The van der Waals surface area contributed by atoms with Gasteiger partial charge in [0, 0.05) is 0 Å². The summed E-state index contributed by atoms with van der Waals surface area (Å²) in [5, 5.41) is 21.0. The van der Waals surface area contributed by atoms with Gasteiger partial charge in [-0.2, -0.15) is 19.9 Å². The van der Waals surface area contributed by atoms with Crippen LogP contribution in [0, 0.1) is 24.0 Å². The molecule has 2 heterocycles. The molecule has 8 nitrogen and oxygen atoms in total. The highest BCUT2D eigenvalue weighted by atomic mass is 16.6. The van der Waals surface area contributed by atoms with Crippen LogP contribution in [0.15, 0.2) is 6.33 Å². The third kappa shape index (κ3) is 1.35. The van der Waals surface area contributed by atoms with Gasteiger partial charge in [0.1, 0.15) is 17.7 Å². The Morgan fingerprint density at radius 3 is 2.73 bits per heavy atom. The predicted octanol–water partition coefficient (Wildman–Crippen LogP) is 0.515. The van der Waals surface area contributed by atoms with Crippen molar-refractivity contribution in [2.75, 3.05) is 0 Å². The first-order valence-electron chi connectivity index (χ1n) is 4.17. The van der Waals surface area contributed by atoms with Gasteiger partial charge in [-0.3, -0.25) is 10.1 Å². The first kappa shape index (κ1) is 9.31. The van der Waals surface area contributed by atoms with Crippen molar-refractivity contribution in [3.05, 3.63) is 27.8 Å². The van der Waals surface area contributed by atoms with Crippen LogP contribution < -0.4 is 0 Å². The van der Waals surface area contributed by atoms with Crippen LogP contribution in [0.3, 0.4) is 0 Å². The van der Waals surface area contributed by atoms with Gasteiger partial charge in [-0.05, 0) is 13.8 Å². The number of nitro groups is 1. The lowest BCUT2D eigenvalue weighted by molar-refractivity contribution is -0.386. The van der Waals surface area contributed by atoms with Gasteiger partial charge in [-0.25, -0.2) is 5.10 Å². The molecule has 0 aliphatic heterocycles. The Hall–Kier alpha value is -2.25. The molecule has 1 N–H and O–H groups in total. The summed E-state index contributed by atoms with van der Waals surface area (Å²) < 4.78 is 1.36. The van der Waals surface area contributed by atoms with Gasteiger partial charge in [-0.15, -0.1) is 0 Å². The molecule has 0 spiro atoms. The maximum Gasteiger partial charge on any atom is 0.313 e. The molecule has 0 atom stereocenters. The van der Waals surface area contributed by atoms with Crippen molar-refractivity contribution in [1.82, 2.24) is 25.0 Å². The maximum atomic E-state index is 10.7. The number of aromatic nitrogens is 5. The molecule has 0 fully saturated rings. The minimum absolute atomic E-state index is 0.00593. The van der Waals surface area contributed by atoms with Crippen LogP contribution >= 0.6 is 0 Å². The summed E-state index contributed by atoms with van der Waals surface area (Å²) in [4.78, 5) is 14.1. The van der Waals surface area contributed by atoms with Crippen molar-refractivity contribution in [3.63, 3.8) is 0 Å². The van der Waals surface area contributed by atoms with Crippen molar-refractivity contribution in [3.8, 4) is 5.95 Å². The topological polar surface area (TPSA) is 103 Å². The van der Waals surface area contributed by atoms with Crippen LogP contribution in [0.4, 0.5) is 5.69 Å². The normalized spacial score (nSPS) is 10.5. The molecule has 0 unspecified atom stereocenters. The number of hydrogen-bond acceptors (Lipinski definition) is 5. The smallest absolute Gasteiger partial charge is 0.258 e. The Kier molecular flexibility index (Phi) is 1.96. The minimum Gasteiger partial charge on any atom is -0.258 e. The predicted molar refractivity (Wildman–Crippen MR) is 49.6 cm³/mol. The number of rotatable bonds is 2. The molecule has 0 bridgehead atoms. The highest BCUT2D eigenvalue weighted by Gasteiger charge is 2.23. The molecule has 0 saturated heterocycles. The molecule has 78 valence electrons. The van der Waals surface area contributed by atoms with E-state index >= 15 is 0 Å².